The van der Waals surface area contributed by atoms with Gasteiger partial charge in [-0.2, -0.15) is 5.10 Å². The predicted octanol–water partition coefficient (Wildman–Crippen LogP) is 0.500. The smallest absolute Gasteiger partial charge is 0.322 e. The van der Waals surface area contributed by atoms with Gasteiger partial charge in [0.05, 0.1) is 5.56 Å². The summed E-state index contributed by atoms with van der Waals surface area (Å²) in [7, 11) is 1.74. The summed E-state index contributed by atoms with van der Waals surface area (Å²) in [5.41, 5.74) is 7.54. The van der Waals surface area contributed by atoms with Gasteiger partial charge in [0.15, 0.2) is 5.82 Å². The van der Waals surface area contributed by atoms with Crippen molar-refractivity contribution in [3.05, 3.63) is 36.0 Å². The zero-order chi connectivity index (χ0) is 17.3. The van der Waals surface area contributed by atoms with Gasteiger partial charge in [-0.15, -0.1) is 0 Å². The first-order valence-corrected chi connectivity index (χ1v) is 7.60. The minimum atomic E-state index is -0.942. The number of aromatic nitrogens is 2. The lowest BCUT2D eigenvalue weighted by Gasteiger charge is -2.37. The average molecular weight is 329 g/mol. The SMILES string of the molecule is CN1CCN(C(=O)c2[nH]nc(N)c2-c2ccccc2)C[C@H]1C(=O)O. The maximum absolute atomic E-state index is 12.9. The Bertz CT molecular complexity index is 758. The molecule has 0 bridgehead atoms. The number of nitrogens with two attached hydrogens (primary N) is 1. The first-order valence-electron chi connectivity index (χ1n) is 7.60. The Morgan fingerprint density at radius 3 is 2.67 bits per heavy atom. The van der Waals surface area contributed by atoms with Gasteiger partial charge in [0.2, 0.25) is 0 Å². The van der Waals surface area contributed by atoms with Gasteiger partial charge >= 0.3 is 5.97 Å². The number of carboxylic acids is 1. The number of anilines is 1. The number of piperazine rings is 1. The van der Waals surface area contributed by atoms with E-state index in [9.17, 15) is 14.7 Å². The van der Waals surface area contributed by atoms with E-state index >= 15 is 0 Å². The van der Waals surface area contributed by atoms with Crippen LogP contribution in [0.4, 0.5) is 5.82 Å². The van der Waals surface area contributed by atoms with Gasteiger partial charge in [-0.3, -0.25) is 19.6 Å². The van der Waals surface area contributed by atoms with Crippen molar-refractivity contribution in [2.75, 3.05) is 32.4 Å². The van der Waals surface area contributed by atoms with E-state index in [2.05, 4.69) is 10.2 Å². The number of aliphatic carboxylic acids is 1. The van der Waals surface area contributed by atoms with Crippen molar-refractivity contribution in [1.82, 2.24) is 20.0 Å². The largest absolute Gasteiger partial charge is 0.480 e. The number of hydrogen-bond acceptors (Lipinski definition) is 5. The van der Waals surface area contributed by atoms with Crippen molar-refractivity contribution < 1.29 is 14.7 Å². The van der Waals surface area contributed by atoms with E-state index in [4.69, 9.17) is 5.73 Å². The summed E-state index contributed by atoms with van der Waals surface area (Å²) in [5, 5.41) is 15.9. The molecule has 1 aromatic carbocycles. The highest BCUT2D eigenvalue weighted by atomic mass is 16.4. The monoisotopic (exact) mass is 329 g/mol. The molecule has 0 saturated carbocycles. The molecule has 3 rings (SSSR count). The topological polar surface area (TPSA) is 116 Å². The first kappa shape index (κ1) is 16.0. The number of H-pyrrole nitrogens is 1. The Morgan fingerprint density at radius 1 is 1.29 bits per heavy atom. The molecule has 24 heavy (non-hydrogen) atoms. The first-order chi connectivity index (χ1) is 11.5. The summed E-state index contributed by atoms with van der Waals surface area (Å²) in [6, 6.07) is 8.56. The molecule has 8 nitrogen and oxygen atoms in total. The number of amides is 1. The van der Waals surface area contributed by atoms with Crippen LogP contribution in [0.25, 0.3) is 11.1 Å². The molecule has 0 spiro atoms. The Balaban J connectivity index is 1.90. The molecule has 0 radical (unpaired) electrons. The molecule has 1 atom stereocenters. The zero-order valence-corrected chi connectivity index (χ0v) is 13.3. The van der Waals surface area contributed by atoms with E-state index in [1.807, 2.05) is 30.3 Å². The molecule has 1 aromatic heterocycles. The number of nitrogens with one attached hydrogen (secondary N) is 1. The van der Waals surface area contributed by atoms with Crippen LogP contribution in [0.2, 0.25) is 0 Å². The number of carbonyl (C=O) groups excluding carboxylic acids is 1. The number of benzene rings is 1. The number of hydrogen-bond donors (Lipinski definition) is 3. The zero-order valence-electron chi connectivity index (χ0n) is 13.3. The van der Waals surface area contributed by atoms with Crippen molar-refractivity contribution in [2.24, 2.45) is 0 Å². The number of aromatic amines is 1. The second kappa shape index (κ2) is 6.32. The second-order valence-electron chi connectivity index (χ2n) is 5.81. The lowest BCUT2D eigenvalue weighted by molar-refractivity contribution is -0.144. The highest BCUT2D eigenvalue weighted by molar-refractivity contribution is 6.01. The van der Waals surface area contributed by atoms with E-state index in [0.29, 0.717) is 18.7 Å². The van der Waals surface area contributed by atoms with Crippen LogP contribution in [0.1, 0.15) is 10.5 Å². The summed E-state index contributed by atoms with van der Waals surface area (Å²) in [4.78, 5) is 27.5. The maximum atomic E-state index is 12.9. The fraction of sp³-hybridized carbons (Fsp3) is 0.312. The van der Waals surface area contributed by atoms with Crippen LogP contribution >= 0.6 is 0 Å². The standard InChI is InChI=1S/C16H19N5O3/c1-20-7-8-21(9-11(20)16(23)24)15(22)13-12(14(17)19-18-13)10-5-3-2-4-6-10/h2-6,11H,7-9H2,1H3,(H,23,24)(H3,17,18,19)/t11-/m0/s1. The van der Waals surface area contributed by atoms with Crippen molar-refractivity contribution in [2.45, 2.75) is 6.04 Å². The molecule has 1 amide bonds. The van der Waals surface area contributed by atoms with Crippen LogP contribution in [0.5, 0.6) is 0 Å². The molecular weight excluding hydrogens is 310 g/mol. The molecule has 1 fully saturated rings. The van der Waals surface area contributed by atoms with Crippen molar-refractivity contribution in [3.63, 3.8) is 0 Å². The van der Waals surface area contributed by atoms with Crippen LogP contribution in [0.3, 0.4) is 0 Å². The van der Waals surface area contributed by atoms with Crippen LogP contribution in [0, 0.1) is 0 Å². The average Bonchev–Trinajstić information content (AvgIpc) is 2.96. The molecule has 1 saturated heterocycles. The number of nitrogen functional groups attached to an aromatic ring is 1. The van der Waals surface area contributed by atoms with Gasteiger partial charge in [-0.1, -0.05) is 30.3 Å². The highest BCUT2D eigenvalue weighted by Gasteiger charge is 2.34. The molecule has 8 heteroatoms. The Labute approximate surface area is 138 Å². The van der Waals surface area contributed by atoms with Crippen LogP contribution in [-0.2, 0) is 4.79 Å². The Morgan fingerprint density at radius 2 is 2.00 bits per heavy atom. The normalized spacial score (nSPS) is 18.5. The minimum Gasteiger partial charge on any atom is -0.480 e. The molecule has 1 aliphatic heterocycles. The third kappa shape index (κ3) is 2.83. The van der Waals surface area contributed by atoms with Gasteiger partial charge in [0.1, 0.15) is 11.7 Å². The fourth-order valence-corrected chi connectivity index (χ4v) is 2.89. The molecule has 4 N–H and O–H groups in total. The quantitative estimate of drug-likeness (QED) is 0.755. The Hall–Kier alpha value is -2.87. The lowest BCUT2D eigenvalue weighted by atomic mass is 10.0. The number of carbonyl (C=O) groups is 2. The van der Waals surface area contributed by atoms with E-state index in [-0.39, 0.29) is 24.0 Å². The third-order valence-corrected chi connectivity index (χ3v) is 4.29. The predicted molar refractivity (Wildman–Crippen MR) is 88.4 cm³/mol. The maximum Gasteiger partial charge on any atom is 0.322 e. The summed E-state index contributed by atoms with van der Waals surface area (Å²) < 4.78 is 0. The molecule has 0 aliphatic carbocycles. The molecular formula is C16H19N5O3. The molecule has 1 aliphatic rings. The van der Waals surface area contributed by atoms with Crippen molar-refractivity contribution >= 4 is 17.7 Å². The molecule has 0 unspecified atom stereocenters. The second-order valence-corrected chi connectivity index (χ2v) is 5.81. The minimum absolute atomic E-state index is 0.123. The molecule has 2 heterocycles. The van der Waals surface area contributed by atoms with Crippen LogP contribution in [0.15, 0.2) is 30.3 Å². The van der Waals surface area contributed by atoms with Crippen LogP contribution in [-0.4, -0.2) is 69.7 Å². The van der Waals surface area contributed by atoms with E-state index < -0.39 is 12.0 Å². The lowest BCUT2D eigenvalue weighted by Crippen LogP contribution is -2.56. The summed E-state index contributed by atoms with van der Waals surface area (Å²) >= 11 is 0. The number of rotatable bonds is 3. The summed E-state index contributed by atoms with van der Waals surface area (Å²) in [5.74, 6) is -0.992. The van der Waals surface area contributed by atoms with Gasteiger partial charge < -0.3 is 15.7 Å². The number of nitrogens with zero attached hydrogens (tertiary/aromatic N) is 3. The van der Waals surface area contributed by atoms with Crippen LogP contribution < -0.4 is 5.73 Å². The summed E-state index contributed by atoms with van der Waals surface area (Å²) in [6.45, 7) is 1.07. The number of likely N-dealkylation sites (N-methyl/N-ethyl adjacent to an activating group) is 1. The highest BCUT2D eigenvalue weighted by Crippen LogP contribution is 2.28. The van der Waals surface area contributed by atoms with Gasteiger partial charge in [0.25, 0.3) is 5.91 Å². The van der Waals surface area contributed by atoms with Gasteiger partial charge in [0, 0.05) is 19.6 Å². The molecule has 2 aromatic rings. The van der Waals surface area contributed by atoms with Gasteiger partial charge in [-0.25, -0.2) is 0 Å². The number of carboxylic acid groups (broad SMARTS) is 1. The van der Waals surface area contributed by atoms with E-state index in [0.717, 1.165) is 5.56 Å². The molecule has 126 valence electrons. The van der Waals surface area contributed by atoms with E-state index in [1.54, 1.807) is 11.9 Å². The van der Waals surface area contributed by atoms with Crippen molar-refractivity contribution in [1.29, 1.82) is 0 Å². The van der Waals surface area contributed by atoms with Crippen molar-refractivity contribution in [3.8, 4) is 11.1 Å². The van der Waals surface area contributed by atoms with Gasteiger partial charge in [-0.05, 0) is 12.6 Å². The fourth-order valence-electron chi connectivity index (χ4n) is 2.89. The Kier molecular flexibility index (Phi) is 4.22. The van der Waals surface area contributed by atoms with E-state index in [1.165, 1.54) is 4.90 Å². The third-order valence-electron chi connectivity index (χ3n) is 4.29. The summed E-state index contributed by atoms with van der Waals surface area (Å²) in [6.07, 6.45) is 0.